The molecule has 1 aromatic heterocycles. The zero-order valence-electron chi connectivity index (χ0n) is 13.4. The highest BCUT2D eigenvalue weighted by atomic mass is 32.1. The summed E-state index contributed by atoms with van der Waals surface area (Å²) < 4.78 is 5.36. The van der Waals surface area contributed by atoms with Gasteiger partial charge in [-0.15, -0.1) is 11.3 Å². The van der Waals surface area contributed by atoms with Crippen molar-refractivity contribution in [2.45, 2.75) is 52.4 Å². The van der Waals surface area contributed by atoms with Gasteiger partial charge in [-0.25, -0.2) is 0 Å². The number of hydrogen-bond acceptors (Lipinski definition) is 3. The van der Waals surface area contributed by atoms with Crippen LogP contribution < -0.4 is 4.74 Å². The first-order chi connectivity index (χ1) is 10.7. The SMILES string of the molecule is CCCCCC(=O)Oc1ccc(-c2ccc(CCC)s2)cc1. The fraction of sp³-hybridized carbons (Fsp3) is 0.421. The van der Waals surface area contributed by atoms with Crippen LogP contribution >= 0.6 is 11.3 Å². The molecule has 0 saturated carbocycles. The van der Waals surface area contributed by atoms with Crippen LogP contribution in [0.4, 0.5) is 0 Å². The van der Waals surface area contributed by atoms with Crippen molar-refractivity contribution in [2.24, 2.45) is 0 Å². The van der Waals surface area contributed by atoms with Crippen LogP contribution in [0, 0.1) is 0 Å². The number of unbranched alkanes of at least 4 members (excludes halogenated alkanes) is 2. The first-order valence-corrected chi connectivity index (χ1v) is 8.94. The number of aryl methyl sites for hydroxylation is 1. The van der Waals surface area contributed by atoms with E-state index in [0.717, 1.165) is 25.7 Å². The average Bonchev–Trinajstić information content (AvgIpc) is 2.97. The second-order valence-corrected chi connectivity index (χ2v) is 6.64. The first-order valence-electron chi connectivity index (χ1n) is 8.12. The lowest BCUT2D eigenvalue weighted by Crippen LogP contribution is -2.07. The molecule has 1 heterocycles. The van der Waals surface area contributed by atoms with E-state index in [1.54, 1.807) is 0 Å². The second kappa shape index (κ2) is 8.74. The number of hydrogen-bond donors (Lipinski definition) is 0. The Hall–Kier alpha value is -1.61. The smallest absolute Gasteiger partial charge is 0.311 e. The van der Waals surface area contributed by atoms with Gasteiger partial charge in [0.2, 0.25) is 0 Å². The van der Waals surface area contributed by atoms with Crippen molar-refractivity contribution < 1.29 is 9.53 Å². The van der Waals surface area contributed by atoms with E-state index >= 15 is 0 Å². The van der Waals surface area contributed by atoms with E-state index in [-0.39, 0.29) is 5.97 Å². The van der Waals surface area contributed by atoms with Gasteiger partial charge in [-0.2, -0.15) is 0 Å². The Labute approximate surface area is 137 Å². The summed E-state index contributed by atoms with van der Waals surface area (Å²) in [5.74, 6) is 0.498. The normalized spacial score (nSPS) is 10.6. The summed E-state index contributed by atoms with van der Waals surface area (Å²) in [5, 5.41) is 0. The topological polar surface area (TPSA) is 26.3 Å². The molecule has 0 N–H and O–H groups in total. The maximum atomic E-state index is 11.7. The van der Waals surface area contributed by atoms with Crippen LogP contribution in [0.1, 0.15) is 50.8 Å². The summed E-state index contributed by atoms with van der Waals surface area (Å²) in [4.78, 5) is 14.4. The third-order valence-corrected chi connectivity index (χ3v) is 4.71. The molecule has 0 bridgehead atoms. The standard InChI is InChI=1S/C19H24O2S/c1-3-5-6-8-19(20)21-16-11-9-15(10-12-16)18-14-13-17(22-18)7-4-2/h9-14H,3-8H2,1-2H3. The predicted molar refractivity (Wildman–Crippen MR) is 93.5 cm³/mol. The van der Waals surface area contributed by atoms with Gasteiger partial charge in [0, 0.05) is 16.2 Å². The number of esters is 1. The van der Waals surface area contributed by atoms with Crippen molar-refractivity contribution in [1.29, 1.82) is 0 Å². The van der Waals surface area contributed by atoms with Crippen LogP contribution in [0.15, 0.2) is 36.4 Å². The minimum absolute atomic E-state index is 0.137. The molecule has 0 radical (unpaired) electrons. The van der Waals surface area contributed by atoms with Crippen molar-refractivity contribution in [3.63, 3.8) is 0 Å². The molecule has 0 aliphatic heterocycles. The molecule has 0 amide bonds. The zero-order valence-corrected chi connectivity index (χ0v) is 14.2. The highest BCUT2D eigenvalue weighted by Crippen LogP contribution is 2.30. The summed E-state index contributed by atoms with van der Waals surface area (Å²) in [6.45, 7) is 4.32. The molecule has 0 atom stereocenters. The van der Waals surface area contributed by atoms with E-state index in [1.165, 1.54) is 21.7 Å². The molecule has 2 rings (SSSR count). The zero-order chi connectivity index (χ0) is 15.8. The van der Waals surface area contributed by atoms with Gasteiger partial charge in [-0.1, -0.05) is 33.1 Å². The minimum atomic E-state index is -0.137. The molecule has 2 nitrogen and oxygen atoms in total. The van der Waals surface area contributed by atoms with Crippen molar-refractivity contribution in [3.8, 4) is 16.2 Å². The maximum Gasteiger partial charge on any atom is 0.311 e. The number of benzene rings is 1. The third kappa shape index (κ3) is 4.99. The van der Waals surface area contributed by atoms with Crippen LogP contribution in [0.2, 0.25) is 0 Å². The molecular weight excluding hydrogens is 292 g/mol. The van der Waals surface area contributed by atoms with Gasteiger partial charge in [0.15, 0.2) is 0 Å². The summed E-state index contributed by atoms with van der Waals surface area (Å²) in [6, 6.07) is 12.2. The first kappa shape index (κ1) is 16.8. The molecule has 0 saturated heterocycles. The lowest BCUT2D eigenvalue weighted by molar-refractivity contribution is -0.134. The second-order valence-electron chi connectivity index (χ2n) is 5.47. The van der Waals surface area contributed by atoms with Gasteiger partial charge >= 0.3 is 5.97 Å². The maximum absolute atomic E-state index is 11.7. The van der Waals surface area contributed by atoms with Crippen LogP contribution in [-0.2, 0) is 11.2 Å². The number of carbonyl (C=O) groups excluding carboxylic acids is 1. The van der Waals surface area contributed by atoms with Gasteiger partial charge in [0.1, 0.15) is 5.75 Å². The lowest BCUT2D eigenvalue weighted by Gasteiger charge is -2.05. The molecule has 0 aliphatic carbocycles. The monoisotopic (exact) mass is 316 g/mol. The van der Waals surface area contributed by atoms with Crippen LogP contribution in [0.5, 0.6) is 5.75 Å². The minimum Gasteiger partial charge on any atom is -0.427 e. The molecule has 0 fully saturated rings. The Morgan fingerprint density at radius 3 is 2.45 bits per heavy atom. The quantitative estimate of drug-likeness (QED) is 0.347. The summed E-state index contributed by atoms with van der Waals surface area (Å²) in [5.41, 5.74) is 1.18. The summed E-state index contributed by atoms with van der Waals surface area (Å²) in [6.07, 6.45) is 5.91. The van der Waals surface area contributed by atoms with Crippen molar-refractivity contribution in [1.82, 2.24) is 0 Å². The number of thiophene rings is 1. The molecule has 2 aromatic rings. The third-order valence-electron chi connectivity index (χ3n) is 3.51. The Morgan fingerprint density at radius 1 is 1.00 bits per heavy atom. The number of carbonyl (C=O) groups is 1. The highest BCUT2D eigenvalue weighted by Gasteiger charge is 2.06. The molecule has 1 aromatic carbocycles. The van der Waals surface area contributed by atoms with E-state index in [2.05, 4.69) is 26.0 Å². The molecule has 118 valence electrons. The average molecular weight is 316 g/mol. The van der Waals surface area contributed by atoms with E-state index in [0.29, 0.717) is 12.2 Å². The molecular formula is C19H24O2S. The Kier molecular flexibility index (Phi) is 6.66. The molecule has 3 heteroatoms. The van der Waals surface area contributed by atoms with Crippen LogP contribution in [0.3, 0.4) is 0 Å². The fourth-order valence-electron chi connectivity index (χ4n) is 2.30. The number of ether oxygens (including phenoxy) is 1. The van der Waals surface area contributed by atoms with Gasteiger partial charge in [-0.05, 0) is 54.8 Å². The van der Waals surface area contributed by atoms with Gasteiger partial charge in [0.05, 0.1) is 0 Å². The van der Waals surface area contributed by atoms with E-state index in [4.69, 9.17) is 4.74 Å². The van der Waals surface area contributed by atoms with Crippen molar-refractivity contribution >= 4 is 17.3 Å². The van der Waals surface area contributed by atoms with E-state index < -0.39 is 0 Å². The summed E-state index contributed by atoms with van der Waals surface area (Å²) >= 11 is 1.84. The van der Waals surface area contributed by atoms with E-state index in [1.807, 2.05) is 35.6 Å². The van der Waals surface area contributed by atoms with Gasteiger partial charge in [0.25, 0.3) is 0 Å². The van der Waals surface area contributed by atoms with Crippen LogP contribution in [-0.4, -0.2) is 5.97 Å². The highest BCUT2D eigenvalue weighted by molar-refractivity contribution is 7.15. The summed E-state index contributed by atoms with van der Waals surface area (Å²) in [7, 11) is 0. The Morgan fingerprint density at radius 2 is 1.77 bits per heavy atom. The van der Waals surface area contributed by atoms with Gasteiger partial charge in [-0.3, -0.25) is 4.79 Å². The molecule has 0 unspecified atom stereocenters. The Bertz CT molecular complexity index is 584. The molecule has 0 aliphatic rings. The molecule has 0 spiro atoms. The fourth-order valence-corrected chi connectivity index (χ4v) is 3.42. The van der Waals surface area contributed by atoms with Crippen molar-refractivity contribution in [2.75, 3.05) is 0 Å². The van der Waals surface area contributed by atoms with Crippen LogP contribution in [0.25, 0.3) is 10.4 Å². The van der Waals surface area contributed by atoms with Gasteiger partial charge < -0.3 is 4.74 Å². The number of rotatable bonds is 8. The molecule has 22 heavy (non-hydrogen) atoms. The van der Waals surface area contributed by atoms with E-state index in [9.17, 15) is 4.79 Å². The predicted octanol–water partition coefficient (Wildman–Crippen LogP) is 5.85. The lowest BCUT2D eigenvalue weighted by atomic mass is 10.2. The van der Waals surface area contributed by atoms with Crippen molar-refractivity contribution in [3.05, 3.63) is 41.3 Å². The largest absolute Gasteiger partial charge is 0.427 e. The Balaban J connectivity index is 1.93.